The van der Waals surface area contributed by atoms with Gasteiger partial charge in [-0.25, -0.2) is 9.97 Å². The number of imidazole rings is 1. The van der Waals surface area contributed by atoms with Gasteiger partial charge in [-0.05, 0) is 43.2 Å². The number of H-pyrrole nitrogens is 1. The summed E-state index contributed by atoms with van der Waals surface area (Å²) in [4.78, 5) is 24.6. The molecule has 0 saturated carbocycles. The van der Waals surface area contributed by atoms with Crippen LogP contribution in [-0.2, 0) is 11.2 Å². The molecule has 0 fully saturated rings. The summed E-state index contributed by atoms with van der Waals surface area (Å²) in [5, 5.41) is 13.1. The average molecular weight is 417 g/mol. The van der Waals surface area contributed by atoms with Gasteiger partial charge in [-0.1, -0.05) is 42.4 Å². The van der Waals surface area contributed by atoms with Gasteiger partial charge in [-0.2, -0.15) is 0 Å². The number of benzene rings is 1. The van der Waals surface area contributed by atoms with Crippen LogP contribution in [0.3, 0.4) is 0 Å². The molecule has 1 aromatic carbocycles. The van der Waals surface area contributed by atoms with Crippen molar-refractivity contribution in [2.24, 2.45) is 0 Å². The zero-order valence-corrected chi connectivity index (χ0v) is 17.1. The van der Waals surface area contributed by atoms with Gasteiger partial charge in [0.2, 0.25) is 5.91 Å². The Morgan fingerprint density at radius 1 is 1.29 bits per heavy atom. The standard InChI is InChI=1S/C20H21ClN4O2S/c1-3-17(19(27)25-18-9-6-14(21)11-22-18)28-20-23-12(2)16(24-20)10-13-4-7-15(26)8-5-13/h4-9,11,17,26H,3,10H2,1-2H3,(H,23,24)(H,22,25,27)/t17-/m0/s1. The summed E-state index contributed by atoms with van der Waals surface area (Å²) in [5.74, 6) is 0.583. The molecule has 0 aliphatic rings. The number of hydrogen-bond donors (Lipinski definition) is 3. The van der Waals surface area contributed by atoms with Crippen molar-refractivity contribution < 1.29 is 9.90 Å². The zero-order valence-electron chi connectivity index (χ0n) is 15.6. The van der Waals surface area contributed by atoms with Crippen LogP contribution in [0.1, 0.15) is 30.3 Å². The number of carbonyl (C=O) groups excluding carboxylic acids is 1. The fourth-order valence-corrected chi connectivity index (χ4v) is 3.70. The smallest absolute Gasteiger partial charge is 0.239 e. The van der Waals surface area contributed by atoms with Crippen LogP contribution >= 0.6 is 23.4 Å². The molecule has 0 unspecified atom stereocenters. The van der Waals surface area contributed by atoms with Gasteiger partial charge in [0.05, 0.1) is 16.0 Å². The number of anilines is 1. The van der Waals surface area contributed by atoms with Gasteiger partial charge in [0.15, 0.2) is 5.16 Å². The number of aryl methyl sites for hydroxylation is 1. The molecule has 3 aromatic rings. The Bertz CT molecular complexity index is 942. The summed E-state index contributed by atoms with van der Waals surface area (Å²) in [6, 6.07) is 10.4. The van der Waals surface area contributed by atoms with E-state index in [1.165, 1.54) is 18.0 Å². The number of nitrogens with one attached hydrogen (secondary N) is 2. The minimum absolute atomic E-state index is 0.128. The van der Waals surface area contributed by atoms with Crippen LogP contribution < -0.4 is 5.32 Å². The summed E-state index contributed by atoms with van der Waals surface area (Å²) < 4.78 is 0. The molecule has 146 valence electrons. The SMILES string of the molecule is CC[C@H](Sc1nc(Cc2ccc(O)cc2)c(C)[nH]1)C(=O)Nc1ccc(Cl)cn1. The van der Waals surface area contributed by atoms with E-state index in [1.54, 1.807) is 24.3 Å². The maximum atomic E-state index is 12.6. The van der Waals surface area contributed by atoms with Crippen molar-refractivity contribution in [2.45, 2.75) is 37.1 Å². The third kappa shape index (κ3) is 5.27. The molecule has 0 spiro atoms. The van der Waals surface area contributed by atoms with Crippen LogP contribution in [0, 0.1) is 6.92 Å². The van der Waals surface area contributed by atoms with Gasteiger partial charge in [-0.15, -0.1) is 0 Å². The average Bonchev–Trinajstić information content (AvgIpc) is 3.02. The lowest BCUT2D eigenvalue weighted by Gasteiger charge is -2.12. The Labute approximate surface area is 172 Å². The van der Waals surface area contributed by atoms with Crippen molar-refractivity contribution in [2.75, 3.05) is 5.32 Å². The number of amides is 1. The molecule has 1 atom stereocenters. The Balaban J connectivity index is 1.66. The first kappa shape index (κ1) is 20.2. The lowest BCUT2D eigenvalue weighted by molar-refractivity contribution is -0.115. The number of hydrogen-bond acceptors (Lipinski definition) is 5. The fourth-order valence-electron chi connectivity index (χ4n) is 2.62. The van der Waals surface area contributed by atoms with E-state index in [0.717, 1.165) is 17.0 Å². The highest BCUT2D eigenvalue weighted by atomic mass is 35.5. The number of phenolic OH excluding ortho intramolecular Hbond substituents is 1. The second-order valence-corrected chi connectivity index (χ2v) is 7.95. The van der Waals surface area contributed by atoms with Gasteiger partial charge in [0.25, 0.3) is 0 Å². The lowest BCUT2D eigenvalue weighted by atomic mass is 10.1. The summed E-state index contributed by atoms with van der Waals surface area (Å²) in [6.45, 7) is 3.92. The fraction of sp³-hybridized carbons (Fsp3) is 0.250. The van der Waals surface area contributed by atoms with Crippen LogP contribution in [0.25, 0.3) is 0 Å². The molecule has 0 radical (unpaired) electrons. The number of halogens is 1. The zero-order chi connectivity index (χ0) is 20.1. The Morgan fingerprint density at radius 3 is 2.68 bits per heavy atom. The molecular weight excluding hydrogens is 396 g/mol. The van der Waals surface area contributed by atoms with Crippen LogP contribution in [0.5, 0.6) is 5.75 Å². The number of rotatable bonds is 7. The maximum Gasteiger partial charge on any atom is 0.239 e. The van der Waals surface area contributed by atoms with E-state index in [4.69, 9.17) is 11.6 Å². The third-order valence-corrected chi connectivity index (χ3v) is 5.64. The van der Waals surface area contributed by atoms with Crippen molar-refractivity contribution >= 4 is 35.1 Å². The van der Waals surface area contributed by atoms with E-state index >= 15 is 0 Å². The van der Waals surface area contributed by atoms with E-state index < -0.39 is 0 Å². The number of thioether (sulfide) groups is 1. The number of pyridine rings is 1. The number of aromatic amines is 1. The number of aromatic hydroxyl groups is 1. The van der Waals surface area contributed by atoms with Gasteiger partial charge in [-0.3, -0.25) is 4.79 Å². The first-order valence-corrected chi connectivity index (χ1v) is 10.1. The molecule has 0 aliphatic carbocycles. The highest BCUT2D eigenvalue weighted by Gasteiger charge is 2.21. The van der Waals surface area contributed by atoms with Crippen LogP contribution in [-0.4, -0.2) is 31.2 Å². The summed E-state index contributed by atoms with van der Waals surface area (Å²) >= 11 is 7.22. The molecule has 3 N–H and O–H groups in total. The van der Waals surface area contributed by atoms with Gasteiger partial charge < -0.3 is 15.4 Å². The molecule has 3 rings (SSSR count). The summed E-state index contributed by atoms with van der Waals surface area (Å²) in [7, 11) is 0. The number of aromatic nitrogens is 3. The molecular formula is C20H21ClN4O2S. The molecule has 28 heavy (non-hydrogen) atoms. The molecule has 8 heteroatoms. The predicted molar refractivity (Wildman–Crippen MR) is 112 cm³/mol. The van der Waals surface area contributed by atoms with Crippen molar-refractivity contribution in [3.05, 3.63) is 64.6 Å². The molecule has 1 amide bonds. The van der Waals surface area contributed by atoms with Crippen molar-refractivity contribution in [3.8, 4) is 5.75 Å². The van der Waals surface area contributed by atoms with Crippen LogP contribution in [0.2, 0.25) is 5.02 Å². The Kier molecular flexibility index (Phi) is 6.59. The quantitative estimate of drug-likeness (QED) is 0.490. The molecule has 0 bridgehead atoms. The monoisotopic (exact) mass is 416 g/mol. The third-order valence-electron chi connectivity index (χ3n) is 4.17. The maximum absolute atomic E-state index is 12.6. The lowest BCUT2D eigenvalue weighted by Crippen LogP contribution is -2.25. The second-order valence-electron chi connectivity index (χ2n) is 6.32. The number of carbonyl (C=O) groups is 1. The Morgan fingerprint density at radius 2 is 2.04 bits per heavy atom. The van der Waals surface area contributed by atoms with Gasteiger partial charge >= 0.3 is 0 Å². The van der Waals surface area contributed by atoms with Crippen LogP contribution in [0.15, 0.2) is 47.8 Å². The van der Waals surface area contributed by atoms with E-state index in [1.807, 2.05) is 26.0 Å². The van der Waals surface area contributed by atoms with E-state index in [9.17, 15) is 9.90 Å². The highest BCUT2D eigenvalue weighted by Crippen LogP contribution is 2.26. The number of nitrogens with zero attached hydrogens (tertiary/aromatic N) is 2. The summed E-state index contributed by atoms with van der Waals surface area (Å²) in [5.41, 5.74) is 2.94. The van der Waals surface area contributed by atoms with Gasteiger partial charge in [0.1, 0.15) is 11.6 Å². The van der Waals surface area contributed by atoms with Crippen LogP contribution in [0.4, 0.5) is 5.82 Å². The largest absolute Gasteiger partial charge is 0.508 e. The van der Waals surface area contributed by atoms with Crippen molar-refractivity contribution in [1.82, 2.24) is 15.0 Å². The minimum Gasteiger partial charge on any atom is -0.508 e. The van der Waals surface area contributed by atoms with Gasteiger partial charge in [0, 0.05) is 18.3 Å². The molecule has 0 saturated heterocycles. The second kappa shape index (κ2) is 9.12. The Hall–Kier alpha value is -2.51. The summed E-state index contributed by atoms with van der Waals surface area (Å²) in [6.07, 6.45) is 2.80. The van der Waals surface area contributed by atoms with E-state index in [-0.39, 0.29) is 16.9 Å². The predicted octanol–water partition coefficient (Wildman–Crippen LogP) is 4.57. The number of phenols is 1. The topological polar surface area (TPSA) is 90.9 Å². The minimum atomic E-state index is -0.301. The molecule has 0 aliphatic heterocycles. The molecule has 6 nitrogen and oxygen atoms in total. The molecule has 2 heterocycles. The highest BCUT2D eigenvalue weighted by molar-refractivity contribution is 8.00. The van der Waals surface area contributed by atoms with Crippen molar-refractivity contribution in [3.63, 3.8) is 0 Å². The first-order chi connectivity index (χ1) is 13.4. The van der Waals surface area contributed by atoms with E-state index in [0.29, 0.717) is 28.8 Å². The first-order valence-electron chi connectivity index (χ1n) is 8.87. The van der Waals surface area contributed by atoms with Crippen molar-refractivity contribution in [1.29, 1.82) is 0 Å². The van der Waals surface area contributed by atoms with E-state index in [2.05, 4.69) is 20.3 Å². The molecule has 2 aromatic heterocycles. The normalized spacial score (nSPS) is 12.0.